The highest BCUT2D eigenvalue weighted by molar-refractivity contribution is 5.39. The molecule has 0 saturated carbocycles. The fraction of sp³-hybridized carbons (Fsp3) is 0.250. The average molecular weight is 276 g/mol. The van der Waals surface area contributed by atoms with Crippen LogP contribution in [0.15, 0.2) is 30.3 Å². The van der Waals surface area contributed by atoms with Crippen molar-refractivity contribution in [1.29, 1.82) is 0 Å². The first-order valence-corrected chi connectivity index (χ1v) is 6.43. The summed E-state index contributed by atoms with van der Waals surface area (Å²) in [5, 5.41) is 0. The number of hydrogen-bond donors (Lipinski definition) is 2. The largest absolute Gasteiger partial charge is 0.271 e. The summed E-state index contributed by atoms with van der Waals surface area (Å²) in [6.07, 6.45) is 0. The van der Waals surface area contributed by atoms with Crippen molar-refractivity contribution in [3.8, 4) is 0 Å². The van der Waals surface area contributed by atoms with Crippen molar-refractivity contribution < 1.29 is 8.78 Å². The van der Waals surface area contributed by atoms with E-state index >= 15 is 0 Å². The molecular weight excluding hydrogens is 258 g/mol. The maximum atomic E-state index is 14.2. The number of benzene rings is 2. The minimum atomic E-state index is -0.714. The monoisotopic (exact) mass is 276 g/mol. The van der Waals surface area contributed by atoms with Gasteiger partial charge in [0.1, 0.15) is 11.6 Å². The molecule has 0 radical (unpaired) electrons. The predicted molar refractivity (Wildman–Crippen MR) is 76.2 cm³/mol. The van der Waals surface area contributed by atoms with Crippen LogP contribution in [0.25, 0.3) is 0 Å². The smallest absolute Gasteiger partial charge is 0.134 e. The molecule has 3 N–H and O–H groups in total. The highest BCUT2D eigenvalue weighted by atomic mass is 19.1. The molecule has 2 aromatic carbocycles. The van der Waals surface area contributed by atoms with Gasteiger partial charge in [0.15, 0.2) is 0 Å². The molecule has 0 fully saturated rings. The van der Waals surface area contributed by atoms with Crippen LogP contribution in [-0.4, -0.2) is 0 Å². The molecule has 2 rings (SSSR count). The minimum Gasteiger partial charge on any atom is -0.271 e. The van der Waals surface area contributed by atoms with E-state index in [4.69, 9.17) is 5.84 Å². The quantitative estimate of drug-likeness (QED) is 0.665. The molecule has 0 aliphatic heterocycles. The lowest BCUT2D eigenvalue weighted by atomic mass is 9.94. The molecule has 0 aromatic heterocycles. The second-order valence-electron chi connectivity index (χ2n) is 5.04. The molecular formula is C16H18F2N2. The summed E-state index contributed by atoms with van der Waals surface area (Å²) in [4.78, 5) is 0. The first-order valence-electron chi connectivity index (χ1n) is 6.43. The standard InChI is InChI=1S/C16H18F2N2/c1-9-4-6-12(8-11(9)3)16(20-19)14-13(17)7-5-10(2)15(14)18/h4-8,16,20H,19H2,1-3H3. The zero-order valence-electron chi connectivity index (χ0n) is 11.8. The fourth-order valence-electron chi connectivity index (χ4n) is 2.23. The number of hydrazine groups is 1. The van der Waals surface area contributed by atoms with E-state index in [9.17, 15) is 8.78 Å². The third-order valence-corrected chi connectivity index (χ3v) is 3.64. The van der Waals surface area contributed by atoms with Gasteiger partial charge in [-0.2, -0.15) is 0 Å². The van der Waals surface area contributed by atoms with E-state index in [1.54, 1.807) is 6.92 Å². The summed E-state index contributed by atoms with van der Waals surface area (Å²) in [7, 11) is 0. The van der Waals surface area contributed by atoms with Crippen LogP contribution >= 0.6 is 0 Å². The molecule has 0 bridgehead atoms. The molecule has 0 saturated heterocycles. The van der Waals surface area contributed by atoms with Gasteiger partial charge in [0.25, 0.3) is 0 Å². The third kappa shape index (κ3) is 2.57. The number of nitrogens with two attached hydrogens (primary N) is 1. The summed E-state index contributed by atoms with van der Waals surface area (Å²) < 4.78 is 28.2. The molecule has 2 aromatic rings. The lowest BCUT2D eigenvalue weighted by Gasteiger charge is -2.20. The molecule has 20 heavy (non-hydrogen) atoms. The van der Waals surface area contributed by atoms with Gasteiger partial charge < -0.3 is 0 Å². The Labute approximate surface area is 117 Å². The van der Waals surface area contributed by atoms with Gasteiger partial charge in [-0.1, -0.05) is 24.3 Å². The summed E-state index contributed by atoms with van der Waals surface area (Å²) in [6, 6.07) is 7.60. The topological polar surface area (TPSA) is 38.0 Å². The molecule has 0 spiro atoms. The van der Waals surface area contributed by atoms with E-state index in [2.05, 4.69) is 5.43 Å². The van der Waals surface area contributed by atoms with Crippen LogP contribution in [0.5, 0.6) is 0 Å². The van der Waals surface area contributed by atoms with E-state index in [1.165, 1.54) is 12.1 Å². The molecule has 2 nitrogen and oxygen atoms in total. The maximum Gasteiger partial charge on any atom is 0.134 e. The minimum absolute atomic E-state index is 0.0456. The van der Waals surface area contributed by atoms with Gasteiger partial charge in [0.05, 0.1) is 6.04 Å². The van der Waals surface area contributed by atoms with Gasteiger partial charge in [0.2, 0.25) is 0 Å². The first-order chi connectivity index (χ1) is 9.45. The van der Waals surface area contributed by atoms with Crippen LogP contribution in [0.2, 0.25) is 0 Å². The zero-order chi connectivity index (χ0) is 14.9. The Kier molecular flexibility index (Phi) is 4.16. The number of halogens is 2. The Bertz CT molecular complexity index is 639. The number of hydrogen-bond acceptors (Lipinski definition) is 2. The highest BCUT2D eigenvalue weighted by Crippen LogP contribution is 2.29. The summed E-state index contributed by atoms with van der Waals surface area (Å²) in [5.41, 5.74) is 5.77. The highest BCUT2D eigenvalue weighted by Gasteiger charge is 2.22. The van der Waals surface area contributed by atoms with Crippen LogP contribution in [0, 0.1) is 32.4 Å². The molecule has 0 aliphatic rings. The van der Waals surface area contributed by atoms with Crippen molar-refractivity contribution in [1.82, 2.24) is 5.43 Å². The maximum absolute atomic E-state index is 14.2. The predicted octanol–water partition coefficient (Wildman–Crippen LogP) is 3.44. The van der Waals surface area contributed by atoms with Crippen LogP contribution in [0.4, 0.5) is 8.78 Å². The third-order valence-electron chi connectivity index (χ3n) is 3.64. The Morgan fingerprint density at radius 1 is 0.950 bits per heavy atom. The van der Waals surface area contributed by atoms with Crippen molar-refractivity contribution in [3.05, 3.63) is 69.8 Å². The van der Waals surface area contributed by atoms with Gasteiger partial charge in [-0.25, -0.2) is 14.2 Å². The Morgan fingerprint density at radius 2 is 1.60 bits per heavy atom. The summed E-state index contributed by atoms with van der Waals surface area (Å²) in [6.45, 7) is 5.54. The molecule has 0 amide bonds. The van der Waals surface area contributed by atoms with Crippen LogP contribution in [0.3, 0.4) is 0 Å². The van der Waals surface area contributed by atoms with Crippen LogP contribution in [-0.2, 0) is 0 Å². The van der Waals surface area contributed by atoms with E-state index in [0.717, 1.165) is 16.7 Å². The van der Waals surface area contributed by atoms with Gasteiger partial charge in [-0.3, -0.25) is 5.84 Å². The normalized spacial score (nSPS) is 12.5. The molecule has 1 atom stereocenters. The van der Waals surface area contributed by atoms with Gasteiger partial charge >= 0.3 is 0 Å². The van der Waals surface area contributed by atoms with Crippen molar-refractivity contribution in [2.75, 3.05) is 0 Å². The molecule has 0 heterocycles. The van der Waals surface area contributed by atoms with Crippen molar-refractivity contribution in [2.24, 2.45) is 5.84 Å². The number of aryl methyl sites for hydroxylation is 3. The molecule has 106 valence electrons. The van der Waals surface area contributed by atoms with E-state index in [-0.39, 0.29) is 5.56 Å². The van der Waals surface area contributed by atoms with Crippen LogP contribution < -0.4 is 11.3 Å². The first kappa shape index (κ1) is 14.6. The fourth-order valence-corrected chi connectivity index (χ4v) is 2.23. The van der Waals surface area contributed by atoms with Crippen molar-refractivity contribution in [2.45, 2.75) is 26.8 Å². The second-order valence-corrected chi connectivity index (χ2v) is 5.04. The van der Waals surface area contributed by atoms with Crippen molar-refractivity contribution >= 4 is 0 Å². The van der Waals surface area contributed by atoms with Gasteiger partial charge in [-0.15, -0.1) is 0 Å². The number of rotatable bonds is 3. The SMILES string of the molecule is Cc1ccc(C(NN)c2c(F)ccc(C)c2F)cc1C. The van der Waals surface area contributed by atoms with Crippen molar-refractivity contribution in [3.63, 3.8) is 0 Å². The van der Waals surface area contributed by atoms with E-state index in [1.807, 2.05) is 32.0 Å². The Balaban J connectivity index is 2.58. The number of nitrogens with one attached hydrogen (secondary N) is 1. The molecule has 1 unspecified atom stereocenters. The van der Waals surface area contributed by atoms with E-state index in [0.29, 0.717) is 5.56 Å². The molecule has 4 heteroatoms. The average Bonchev–Trinajstić information content (AvgIpc) is 2.42. The summed E-state index contributed by atoms with van der Waals surface area (Å²) >= 11 is 0. The Morgan fingerprint density at radius 3 is 2.20 bits per heavy atom. The summed E-state index contributed by atoms with van der Waals surface area (Å²) in [5.74, 6) is 4.36. The lowest BCUT2D eigenvalue weighted by molar-refractivity contribution is 0.506. The second kappa shape index (κ2) is 5.69. The van der Waals surface area contributed by atoms with Crippen LogP contribution in [0.1, 0.15) is 33.9 Å². The Hall–Kier alpha value is -1.78. The zero-order valence-corrected chi connectivity index (χ0v) is 11.8. The van der Waals surface area contributed by atoms with Gasteiger partial charge in [-0.05, 0) is 49.1 Å². The molecule has 0 aliphatic carbocycles. The van der Waals surface area contributed by atoms with Gasteiger partial charge in [0, 0.05) is 5.56 Å². The van der Waals surface area contributed by atoms with E-state index < -0.39 is 17.7 Å². The lowest BCUT2D eigenvalue weighted by Crippen LogP contribution is -2.30.